The summed E-state index contributed by atoms with van der Waals surface area (Å²) in [6.45, 7) is 5.91. The molecule has 1 saturated heterocycles. The average molecular weight is 346 g/mol. The van der Waals surface area contributed by atoms with E-state index in [0.717, 1.165) is 6.20 Å². The van der Waals surface area contributed by atoms with E-state index in [4.69, 9.17) is 0 Å². The molecular weight excluding hydrogens is 326 g/mol. The number of amides is 1. The van der Waals surface area contributed by atoms with Gasteiger partial charge in [0.05, 0.1) is 11.0 Å². The van der Waals surface area contributed by atoms with Gasteiger partial charge in [0.15, 0.2) is 0 Å². The summed E-state index contributed by atoms with van der Waals surface area (Å²) in [5.41, 5.74) is -1.92. The maximum absolute atomic E-state index is 12.9. The lowest BCUT2D eigenvalue weighted by molar-refractivity contribution is -0.386. The Labute approximate surface area is 137 Å². The van der Waals surface area contributed by atoms with Gasteiger partial charge in [-0.05, 0) is 18.3 Å². The summed E-state index contributed by atoms with van der Waals surface area (Å²) in [5, 5.41) is 24.0. The maximum atomic E-state index is 12.9. The predicted molar refractivity (Wildman–Crippen MR) is 80.1 cm³/mol. The molecule has 1 fully saturated rings. The van der Waals surface area contributed by atoms with Crippen LogP contribution in [0.5, 0.6) is 0 Å². The number of likely N-dealkylation sites (tertiary alicyclic amines) is 1. The monoisotopic (exact) mass is 346 g/mol. The summed E-state index contributed by atoms with van der Waals surface area (Å²) in [6.07, 6.45) is -2.34. The number of piperidine rings is 1. The molecule has 1 amide bonds. The number of halogens is 2. The number of aromatic nitrogens is 2. The Morgan fingerprint density at radius 2 is 2.12 bits per heavy atom. The van der Waals surface area contributed by atoms with Crippen molar-refractivity contribution in [1.82, 2.24) is 14.7 Å². The van der Waals surface area contributed by atoms with Gasteiger partial charge < -0.3 is 10.0 Å². The van der Waals surface area contributed by atoms with Gasteiger partial charge in [-0.3, -0.25) is 14.8 Å². The van der Waals surface area contributed by atoms with Gasteiger partial charge in [0.1, 0.15) is 6.20 Å². The van der Waals surface area contributed by atoms with E-state index in [2.05, 4.69) is 5.10 Å². The van der Waals surface area contributed by atoms with Gasteiger partial charge in [0, 0.05) is 12.6 Å². The standard InChI is InChI=1S/C14H20F2N4O4/c1-14(2,3)10-6-8(4-5-18(10)13(21)22)19-7-9(20(23)24)11(17-19)12(15)16/h7-8,10,12H,4-6H2,1-3H3,(H,21,22). The Morgan fingerprint density at radius 3 is 2.54 bits per heavy atom. The second-order valence-corrected chi connectivity index (χ2v) is 6.97. The third kappa shape index (κ3) is 3.46. The lowest BCUT2D eigenvalue weighted by atomic mass is 9.79. The highest BCUT2D eigenvalue weighted by Crippen LogP contribution is 2.38. The zero-order valence-electron chi connectivity index (χ0n) is 13.6. The van der Waals surface area contributed by atoms with E-state index in [0.29, 0.717) is 12.8 Å². The highest BCUT2D eigenvalue weighted by molar-refractivity contribution is 5.65. The third-order valence-electron chi connectivity index (χ3n) is 4.34. The van der Waals surface area contributed by atoms with Crippen LogP contribution < -0.4 is 0 Å². The second-order valence-electron chi connectivity index (χ2n) is 6.97. The van der Waals surface area contributed by atoms with E-state index in [1.165, 1.54) is 9.58 Å². The van der Waals surface area contributed by atoms with Gasteiger partial charge in [-0.1, -0.05) is 20.8 Å². The first-order valence-corrected chi connectivity index (χ1v) is 7.53. The fourth-order valence-electron chi connectivity index (χ4n) is 3.12. The SMILES string of the molecule is CC(C)(C)C1CC(n2cc([N+](=O)[O-])c(C(F)F)n2)CCN1C(=O)O. The molecule has 1 N–H and O–H groups in total. The smallest absolute Gasteiger partial charge is 0.407 e. The van der Waals surface area contributed by atoms with Crippen molar-refractivity contribution in [2.24, 2.45) is 5.41 Å². The highest BCUT2D eigenvalue weighted by Gasteiger charge is 2.40. The van der Waals surface area contributed by atoms with Gasteiger partial charge in [-0.15, -0.1) is 0 Å². The molecule has 1 aliphatic heterocycles. The minimum Gasteiger partial charge on any atom is -0.465 e. The number of carbonyl (C=O) groups is 1. The van der Waals surface area contributed by atoms with Crippen LogP contribution in [0.3, 0.4) is 0 Å². The molecule has 0 aromatic carbocycles. The molecule has 2 unspecified atom stereocenters. The van der Waals surface area contributed by atoms with Crippen LogP contribution >= 0.6 is 0 Å². The van der Waals surface area contributed by atoms with E-state index in [1.54, 1.807) is 0 Å². The van der Waals surface area contributed by atoms with Crippen molar-refractivity contribution < 1.29 is 23.6 Å². The normalized spacial score (nSPS) is 22.0. The van der Waals surface area contributed by atoms with Crippen molar-refractivity contribution >= 4 is 11.8 Å². The van der Waals surface area contributed by atoms with Crippen molar-refractivity contribution in [3.8, 4) is 0 Å². The molecule has 1 aromatic rings. The highest BCUT2D eigenvalue weighted by atomic mass is 19.3. The number of carboxylic acid groups (broad SMARTS) is 1. The molecule has 0 saturated carbocycles. The van der Waals surface area contributed by atoms with Crippen molar-refractivity contribution in [2.75, 3.05) is 6.54 Å². The van der Waals surface area contributed by atoms with E-state index in [9.17, 15) is 28.8 Å². The Bertz CT molecular complexity index is 641. The van der Waals surface area contributed by atoms with Crippen LogP contribution in [-0.4, -0.2) is 43.4 Å². The molecule has 10 heteroatoms. The summed E-state index contributed by atoms with van der Waals surface area (Å²) in [6, 6.07) is -0.706. The zero-order valence-corrected chi connectivity index (χ0v) is 13.6. The van der Waals surface area contributed by atoms with Crippen LogP contribution in [0.4, 0.5) is 19.3 Å². The van der Waals surface area contributed by atoms with Crippen LogP contribution in [-0.2, 0) is 0 Å². The van der Waals surface area contributed by atoms with Crippen molar-refractivity contribution in [3.05, 3.63) is 22.0 Å². The molecule has 8 nitrogen and oxygen atoms in total. The van der Waals surface area contributed by atoms with Crippen molar-refractivity contribution in [3.63, 3.8) is 0 Å². The molecule has 2 rings (SSSR count). The molecule has 24 heavy (non-hydrogen) atoms. The molecule has 134 valence electrons. The summed E-state index contributed by atoms with van der Waals surface area (Å²) in [4.78, 5) is 22.8. The van der Waals surface area contributed by atoms with Crippen LogP contribution in [0.2, 0.25) is 0 Å². The molecule has 1 aromatic heterocycles. The summed E-state index contributed by atoms with van der Waals surface area (Å²) in [5.74, 6) is 0. The summed E-state index contributed by atoms with van der Waals surface area (Å²) >= 11 is 0. The van der Waals surface area contributed by atoms with Gasteiger partial charge in [-0.25, -0.2) is 13.6 Å². The van der Waals surface area contributed by atoms with E-state index < -0.39 is 28.8 Å². The molecule has 2 atom stereocenters. The van der Waals surface area contributed by atoms with Gasteiger partial charge in [-0.2, -0.15) is 5.10 Å². The zero-order chi connectivity index (χ0) is 18.2. The van der Waals surface area contributed by atoms with E-state index >= 15 is 0 Å². The summed E-state index contributed by atoms with van der Waals surface area (Å²) in [7, 11) is 0. The first kappa shape index (κ1) is 18.1. The van der Waals surface area contributed by atoms with Crippen LogP contribution in [0.25, 0.3) is 0 Å². The molecule has 0 bridgehead atoms. The van der Waals surface area contributed by atoms with Crippen LogP contribution in [0, 0.1) is 15.5 Å². The Kier molecular flexibility index (Phi) is 4.77. The molecule has 0 radical (unpaired) electrons. The predicted octanol–water partition coefficient (Wildman–Crippen LogP) is 3.46. The van der Waals surface area contributed by atoms with Crippen LogP contribution in [0.1, 0.15) is 51.8 Å². The second kappa shape index (κ2) is 6.33. The van der Waals surface area contributed by atoms with Crippen molar-refractivity contribution in [2.45, 2.75) is 52.1 Å². The molecule has 0 aliphatic carbocycles. The number of alkyl halides is 2. The Hall–Kier alpha value is -2.26. The van der Waals surface area contributed by atoms with E-state index in [1.807, 2.05) is 20.8 Å². The number of nitrogens with zero attached hydrogens (tertiary/aromatic N) is 4. The molecule has 0 spiro atoms. The first-order valence-electron chi connectivity index (χ1n) is 7.53. The fourth-order valence-corrected chi connectivity index (χ4v) is 3.12. The fraction of sp³-hybridized carbons (Fsp3) is 0.714. The Morgan fingerprint density at radius 1 is 1.50 bits per heavy atom. The van der Waals surface area contributed by atoms with Crippen LogP contribution in [0.15, 0.2) is 6.20 Å². The lowest BCUT2D eigenvalue weighted by Gasteiger charge is -2.44. The molecule has 1 aliphatic rings. The molecule has 2 heterocycles. The van der Waals surface area contributed by atoms with Gasteiger partial charge in [0.25, 0.3) is 6.43 Å². The topological polar surface area (TPSA) is 101 Å². The minimum atomic E-state index is -3.04. The maximum Gasteiger partial charge on any atom is 0.407 e. The summed E-state index contributed by atoms with van der Waals surface area (Å²) < 4.78 is 27.1. The molecular formula is C14H20F2N4O4. The number of hydrogen-bond acceptors (Lipinski definition) is 4. The van der Waals surface area contributed by atoms with Crippen molar-refractivity contribution in [1.29, 1.82) is 0 Å². The average Bonchev–Trinajstić information content (AvgIpc) is 2.91. The largest absolute Gasteiger partial charge is 0.465 e. The third-order valence-corrected chi connectivity index (χ3v) is 4.34. The number of nitro groups is 1. The van der Waals surface area contributed by atoms with Gasteiger partial charge >= 0.3 is 11.8 Å². The Balaban J connectivity index is 2.32. The number of rotatable bonds is 3. The lowest BCUT2D eigenvalue weighted by Crippen LogP contribution is -2.51. The quantitative estimate of drug-likeness (QED) is 0.667. The number of hydrogen-bond donors (Lipinski definition) is 1. The first-order chi connectivity index (χ1) is 11.0. The van der Waals surface area contributed by atoms with Gasteiger partial charge in [0.2, 0.25) is 5.69 Å². The van der Waals surface area contributed by atoms with E-state index in [-0.39, 0.29) is 24.0 Å². The minimum absolute atomic E-state index is 0.222.